The number of aliphatic imine (C=N–C) groups is 1. The molecule has 2 N–H and O–H groups in total. The number of carboxylic acid groups (broad SMARTS) is 2. The number of aliphatic carboxylic acids is 2. The van der Waals surface area contributed by atoms with Crippen LogP contribution in [0.15, 0.2) is 49.8 Å². The molecule has 0 saturated carbocycles. The van der Waals surface area contributed by atoms with E-state index in [9.17, 15) is 9.59 Å². The zero-order chi connectivity index (χ0) is 22.5. The Morgan fingerprint density at radius 3 is 2.19 bits per heavy atom. The molecular formula is C22H25N3O4S2. The van der Waals surface area contributed by atoms with Gasteiger partial charge in [0.05, 0.1) is 5.69 Å². The Balaban J connectivity index is 0.000000293. The van der Waals surface area contributed by atoms with Crippen LogP contribution in [0.5, 0.6) is 0 Å². The molecule has 0 radical (unpaired) electrons. The molecular weight excluding hydrogens is 434 g/mol. The van der Waals surface area contributed by atoms with Gasteiger partial charge in [0.1, 0.15) is 5.84 Å². The standard InChI is InChI=1S/C18H21N3S2.C4H4O4/c1-12-8-15-16(9-13(12)2)23-17-11-22-10-14(17)18(19-15)21-6-4-20(3)5-7-21;5-3(6)1-2-4(7)8/h8-11H,4-7H2,1-3H3;1-2H,(H,5,6)(H,7,8). The lowest BCUT2D eigenvalue weighted by Crippen LogP contribution is -2.47. The molecule has 0 aliphatic carbocycles. The minimum absolute atomic E-state index is 0.558. The highest BCUT2D eigenvalue weighted by atomic mass is 32.2. The fourth-order valence-corrected chi connectivity index (χ4v) is 5.23. The lowest BCUT2D eigenvalue weighted by Gasteiger charge is -2.34. The zero-order valence-corrected chi connectivity index (χ0v) is 19.3. The van der Waals surface area contributed by atoms with Gasteiger partial charge in [-0.15, -0.1) is 0 Å². The Hall–Kier alpha value is -2.62. The van der Waals surface area contributed by atoms with Gasteiger partial charge in [-0.05, 0) is 44.2 Å². The average molecular weight is 460 g/mol. The predicted octanol–water partition coefficient (Wildman–Crippen LogP) is 3.87. The zero-order valence-electron chi connectivity index (χ0n) is 17.7. The van der Waals surface area contributed by atoms with E-state index >= 15 is 0 Å². The van der Waals surface area contributed by atoms with E-state index in [4.69, 9.17) is 15.2 Å². The molecule has 0 amide bonds. The van der Waals surface area contributed by atoms with E-state index in [2.05, 4.69) is 53.6 Å². The SMILES string of the molecule is Cc1cc2c(cc1C)Sc1cscc1C(N1CCN(C)CC1)=N2.O=C(O)C=CC(=O)O. The Labute approximate surface area is 189 Å². The summed E-state index contributed by atoms with van der Waals surface area (Å²) in [6.45, 7) is 8.66. The van der Waals surface area contributed by atoms with Crippen molar-refractivity contribution < 1.29 is 19.8 Å². The van der Waals surface area contributed by atoms with Crippen molar-refractivity contribution in [2.45, 2.75) is 23.6 Å². The molecule has 2 aliphatic rings. The van der Waals surface area contributed by atoms with Gasteiger partial charge in [-0.3, -0.25) is 0 Å². The van der Waals surface area contributed by atoms with Crippen LogP contribution in [0.3, 0.4) is 0 Å². The number of thiophene rings is 1. The number of fused-ring (bicyclic) bond motifs is 2. The van der Waals surface area contributed by atoms with Gasteiger partial charge in [-0.25, -0.2) is 14.6 Å². The van der Waals surface area contributed by atoms with Gasteiger partial charge in [-0.1, -0.05) is 11.8 Å². The molecule has 164 valence electrons. The summed E-state index contributed by atoms with van der Waals surface area (Å²) in [5.41, 5.74) is 5.07. The summed E-state index contributed by atoms with van der Waals surface area (Å²) in [7, 11) is 2.19. The van der Waals surface area contributed by atoms with Crippen molar-refractivity contribution in [3.05, 3.63) is 51.7 Å². The number of nitrogens with zero attached hydrogens (tertiary/aromatic N) is 3. The first-order valence-electron chi connectivity index (χ1n) is 9.76. The van der Waals surface area contributed by atoms with Crippen molar-refractivity contribution in [2.24, 2.45) is 4.99 Å². The predicted molar refractivity (Wildman–Crippen MR) is 124 cm³/mol. The molecule has 4 rings (SSSR count). The van der Waals surface area contributed by atoms with Gasteiger partial charge in [0, 0.05) is 64.4 Å². The quantitative estimate of drug-likeness (QED) is 0.659. The molecule has 0 unspecified atom stereocenters. The van der Waals surface area contributed by atoms with Crippen LogP contribution in [-0.2, 0) is 9.59 Å². The lowest BCUT2D eigenvalue weighted by atomic mass is 10.1. The molecule has 3 heterocycles. The van der Waals surface area contributed by atoms with E-state index < -0.39 is 11.9 Å². The molecule has 1 aromatic carbocycles. The topological polar surface area (TPSA) is 93.4 Å². The van der Waals surface area contributed by atoms with Crippen LogP contribution in [0.25, 0.3) is 0 Å². The van der Waals surface area contributed by atoms with Gasteiger partial charge < -0.3 is 20.0 Å². The van der Waals surface area contributed by atoms with Gasteiger partial charge in [-0.2, -0.15) is 11.3 Å². The summed E-state index contributed by atoms with van der Waals surface area (Å²) in [6.07, 6.45) is 1.12. The molecule has 0 atom stereocenters. The Kier molecular flexibility index (Phi) is 7.53. The van der Waals surface area contributed by atoms with E-state index in [0.29, 0.717) is 12.2 Å². The molecule has 1 aromatic heterocycles. The van der Waals surface area contributed by atoms with E-state index in [1.807, 2.05) is 11.8 Å². The lowest BCUT2D eigenvalue weighted by molar-refractivity contribution is -0.134. The van der Waals surface area contributed by atoms with Crippen LogP contribution in [-0.4, -0.2) is 71.0 Å². The second-order valence-electron chi connectivity index (χ2n) is 7.39. The van der Waals surface area contributed by atoms with Gasteiger partial charge in [0.2, 0.25) is 0 Å². The Morgan fingerprint density at radius 2 is 1.58 bits per heavy atom. The fraction of sp³-hybridized carbons (Fsp3) is 0.318. The molecule has 0 bridgehead atoms. The maximum atomic E-state index is 9.55. The van der Waals surface area contributed by atoms with E-state index in [0.717, 1.165) is 37.7 Å². The minimum atomic E-state index is -1.26. The third-order valence-corrected chi connectivity index (χ3v) is 7.06. The van der Waals surface area contributed by atoms with Crippen molar-refractivity contribution in [3.8, 4) is 0 Å². The van der Waals surface area contributed by atoms with Gasteiger partial charge in [0.15, 0.2) is 0 Å². The molecule has 0 spiro atoms. The third-order valence-electron chi connectivity index (χ3n) is 5.06. The van der Waals surface area contributed by atoms with Gasteiger partial charge >= 0.3 is 11.9 Å². The van der Waals surface area contributed by atoms with Crippen molar-refractivity contribution in [3.63, 3.8) is 0 Å². The van der Waals surface area contributed by atoms with Crippen LogP contribution in [0.2, 0.25) is 0 Å². The summed E-state index contributed by atoms with van der Waals surface area (Å²) in [5, 5.41) is 20.1. The smallest absolute Gasteiger partial charge is 0.328 e. The summed E-state index contributed by atoms with van der Waals surface area (Å²) < 4.78 is 0. The van der Waals surface area contributed by atoms with Crippen molar-refractivity contribution in [1.29, 1.82) is 0 Å². The van der Waals surface area contributed by atoms with Gasteiger partial charge in [0.25, 0.3) is 0 Å². The van der Waals surface area contributed by atoms with Crippen molar-refractivity contribution in [2.75, 3.05) is 33.2 Å². The summed E-state index contributed by atoms with van der Waals surface area (Å²) in [4.78, 5) is 31.7. The fourth-order valence-electron chi connectivity index (χ4n) is 3.17. The highest BCUT2D eigenvalue weighted by molar-refractivity contribution is 7.99. The second kappa shape index (κ2) is 10.1. The molecule has 2 aliphatic heterocycles. The second-order valence-corrected chi connectivity index (χ2v) is 9.22. The summed E-state index contributed by atoms with van der Waals surface area (Å²) in [6, 6.07) is 4.52. The maximum absolute atomic E-state index is 9.55. The average Bonchev–Trinajstić information content (AvgIpc) is 3.11. The number of amidine groups is 1. The van der Waals surface area contributed by atoms with E-state index in [-0.39, 0.29) is 0 Å². The van der Waals surface area contributed by atoms with Crippen molar-refractivity contribution in [1.82, 2.24) is 9.80 Å². The third kappa shape index (κ3) is 5.96. The van der Waals surface area contributed by atoms with E-state index in [1.165, 1.54) is 26.5 Å². The first-order valence-corrected chi connectivity index (χ1v) is 11.5. The van der Waals surface area contributed by atoms with E-state index in [1.54, 1.807) is 11.3 Å². The number of carbonyl (C=O) groups is 2. The minimum Gasteiger partial charge on any atom is -0.478 e. The number of hydrogen-bond acceptors (Lipinski definition) is 7. The number of aryl methyl sites for hydroxylation is 2. The Morgan fingerprint density at radius 1 is 0.968 bits per heavy atom. The monoisotopic (exact) mass is 459 g/mol. The molecule has 2 aromatic rings. The number of rotatable bonds is 2. The number of likely N-dealkylation sites (N-methyl/N-ethyl adjacent to an activating group) is 1. The highest BCUT2D eigenvalue weighted by Crippen LogP contribution is 2.43. The maximum Gasteiger partial charge on any atom is 0.328 e. The number of hydrogen-bond donors (Lipinski definition) is 2. The largest absolute Gasteiger partial charge is 0.478 e. The van der Waals surface area contributed by atoms with Crippen molar-refractivity contribution >= 4 is 46.6 Å². The van der Waals surface area contributed by atoms with Crippen LogP contribution in [0.4, 0.5) is 5.69 Å². The molecule has 1 saturated heterocycles. The first-order chi connectivity index (χ1) is 14.7. The summed E-state index contributed by atoms with van der Waals surface area (Å²) in [5.74, 6) is -1.36. The molecule has 9 heteroatoms. The normalized spacial score (nSPS) is 16.0. The number of benzene rings is 1. The first kappa shape index (κ1) is 23.1. The van der Waals surface area contributed by atoms with Crippen LogP contribution < -0.4 is 0 Å². The number of piperazine rings is 1. The van der Waals surface area contributed by atoms with Crippen LogP contribution >= 0.6 is 23.1 Å². The van der Waals surface area contributed by atoms with Crippen LogP contribution in [0.1, 0.15) is 16.7 Å². The number of carboxylic acids is 2. The highest BCUT2D eigenvalue weighted by Gasteiger charge is 2.25. The Bertz CT molecular complexity index is 1020. The molecule has 1 fully saturated rings. The molecule has 31 heavy (non-hydrogen) atoms. The van der Waals surface area contributed by atoms with Crippen LogP contribution in [0, 0.1) is 13.8 Å². The molecule has 7 nitrogen and oxygen atoms in total. The summed E-state index contributed by atoms with van der Waals surface area (Å²) >= 11 is 3.64.